The van der Waals surface area contributed by atoms with Gasteiger partial charge in [0.15, 0.2) is 0 Å². The fraction of sp³-hybridized carbons (Fsp3) is 0.333. The standard InChI is InChI=1S/C21H24F2N2O4/c1-21(2,3)29-20(27)25-16-8-6-15(7-9-16)18(26)24-13-12-14-4-10-17(11-5-14)28-19(22)23/h4-11,19H,12-13H2,1-3H3,(H,24,26)(H,25,27). The minimum absolute atomic E-state index is 0.0906. The molecule has 2 aromatic rings. The SMILES string of the molecule is CC(C)(C)OC(=O)Nc1ccc(C(=O)NCCc2ccc(OC(F)F)cc2)cc1. The number of alkyl halides is 2. The first-order chi connectivity index (χ1) is 13.6. The molecule has 0 fully saturated rings. The van der Waals surface area contributed by atoms with Crippen molar-refractivity contribution in [2.75, 3.05) is 11.9 Å². The monoisotopic (exact) mass is 406 g/mol. The molecule has 0 aliphatic carbocycles. The van der Waals surface area contributed by atoms with Crippen molar-refractivity contribution in [3.8, 4) is 5.75 Å². The van der Waals surface area contributed by atoms with E-state index in [1.165, 1.54) is 12.1 Å². The molecule has 2 amide bonds. The van der Waals surface area contributed by atoms with Gasteiger partial charge in [0.1, 0.15) is 11.4 Å². The van der Waals surface area contributed by atoms with E-state index in [9.17, 15) is 18.4 Å². The van der Waals surface area contributed by atoms with E-state index in [2.05, 4.69) is 15.4 Å². The summed E-state index contributed by atoms with van der Waals surface area (Å²) in [6.07, 6.45) is -0.0291. The second kappa shape index (κ2) is 9.86. The molecule has 6 nitrogen and oxygen atoms in total. The van der Waals surface area contributed by atoms with E-state index in [-0.39, 0.29) is 11.7 Å². The third-order valence-electron chi connectivity index (χ3n) is 3.64. The normalized spacial score (nSPS) is 11.1. The molecule has 0 atom stereocenters. The van der Waals surface area contributed by atoms with E-state index in [0.29, 0.717) is 24.2 Å². The number of amides is 2. The number of carbonyl (C=O) groups excluding carboxylic acids is 2. The summed E-state index contributed by atoms with van der Waals surface area (Å²) in [5, 5.41) is 5.38. The first kappa shape index (κ1) is 22.1. The summed E-state index contributed by atoms with van der Waals surface area (Å²) in [7, 11) is 0. The zero-order valence-corrected chi connectivity index (χ0v) is 16.5. The predicted molar refractivity (Wildman–Crippen MR) is 105 cm³/mol. The number of halogens is 2. The van der Waals surface area contributed by atoms with E-state index in [0.717, 1.165) is 5.56 Å². The number of carbonyl (C=O) groups is 2. The Hall–Kier alpha value is -3.16. The molecule has 0 unspecified atom stereocenters. The third-order valence-corrected chi connectivity index (χ3v) is 3.64. The number of ether oxygens (including phenoxy) is 2. The summed E-state index contributed by atoms with van der Waals surface area (Å²) >= 11 is 0. The average Bonchev–Trinajstić information content (AvgIpc) is 2.61. The summed E-state index contributed by atoms with van der Waals surface area (Å²) in [4.78, 5) is 23.9. The summed E-state index contributed by atoms with van der Waals surface area (Å²) in [5.41, 5.74) is 1.24. The summed E-state index contributed by atoms with van der Waals surface area (Å²) in [6, 6.07) is 12.7. The highest BCUT2D eigenvalue weighted by Gasteiger charge is 2.16. The van der Waals surface area contributed by atoms with Gasteiger partial charge in [-0.05, 0) is 69.2 Å². The van der Waals surface area contributed by atoms with Crippen LogP contribution in [-0.4, -0.2) is 30.8 Å². The predicted octanol–water partition coefficient (Wildman–Crippen LogP) is 4.61. The molecule has 0 saturated carbocycles. The van der Waals surface area contributed by atoms with Crippen LogP contribution >= 0.6 is 0 Å². The number of benzene rings is 2. The van der Waals surface area contributed by atoms with Crippen molar-refractivity contribution in [1.82, 2.24) is 5.32 Å². The Balaban J connectivity index is 1.79. The van der Waals surface area contributed by atoms with Crippen molar-refractivity contribution in [2.45, 2.75) is 39.4 Å². The van der Waals surface area contributed by atoms with Gasteiger partial charge in [0, 0.05) is 17.8 Å². The van der Waals surface area contributed by atoms with Gasteiger partial charge in [-0.3, -0.25) is 10.1 Å². The molecule has 0 aliphatic heterocycles. The molecule has 0 aliphatic rings. The number of hydrogen-bond donors (Lipinski definition) is 2. The zero-order chi connectivity index (χ0) is 21.4. The van der Waals surface area contributed by atoms with Crippen molar-refractivity contribution in [3.05, 3.63) is 59.7 Å². The van der Waals surface area contributed by atoms with Crippen LogP contribution in [0.3, 0.4) is 0 Å². The molecule has 8 heteroatoms. The van der Waals surface area contributed by atoms with Crippen LogP contribution in [0.1, 0.15) is 36.7 Å². The first-order valence-corrected chi connectivity index (χ1v) is 9.04. The fourth-order valence-electron chi connectivity index (χ4n) is 2.39. The largest absolute Gasteiger partial charge is 0.444 e. The van der Waals surface area contributed by atoms with Gasteiger partial charge in [-0.15, -0.1) is 0 Å². The lowest BCUT2D eigenvalue weighted by Crippen LogP contribution is -2.27. The molecule has 2 rings (SSSR count). The molecule has 29 heavy (non-hydrogen) atoms. The van der Waals surface area contributed by atoms with Crippen LogP contribution in [0.15, 0.2) is 48.5 Å². The van der Waals surface area contributed by atoms with Gasteiger partial charge in [-0.25, -0.2) is 4.79 Å². The minimum atomic E-state index is -2.86. The Kier molecular flexibility index (Phi) is 7.52. The quantitative estimate of drug-likeness (QED) is 0.704. The number of anilines is 1. The summed E-state index contributed by atoms with van der Waals surface area (Å²) in [6.45, 7) is 2.83. The molecule has 0 heterocycles. The van der Waals surface area contributed by atoms with Gasteiger partial charge in [0.25, 0.3) is 5.91 Å². The summed E-state index contributed by atoms with van der Waals surface area (Å²) < 4.78 is 33.7. The Labute approximate surface area is 168 Å². The highest BCUT2D eigenvalue weighted by atomic mass is 19.3. The van der Waals surface area contributed by atoms with E-state index in [4.69, 9.17) is 4.74 Å². The third kappa shape index (κ3) is 8.16. The Morgan fingerprint density at radius 3 is 2.17 bits per heavy atom. The lowest BCUT2D eigenvalue weighted by Gasteiger charge is -2.19. The van der Waals surface area contributed by atoms with Crippen molar-refractivity contribution < 1.29 is 27.8 Å². The average molecular weight is 406 g/mol. The van der Waals surface area contributed by atoms with Crippen LogP contribution in [0.5, 0.6) is 5.75 Å². The van der Waals surface area contributed by atoms with E-state index >= 15 is 0 Å². The van der Waals surface area contributed by atoms with Crippen molar-refractivity contribution in [2.24, 2.45) is 0 Å². The molecular weight excluding hydrogens is 382 g/mol. The number of hydrogen-bond acceptors (Lipinski definition) is 4. The molecular formula is C21H24F2N2O4. The van der Waals surface area contributed by atoms with Crippen LogP contribution in [-0.2, 0) is 11.2 Å². The van der Waals surface area contributed by atoms with Crippen molar-refractivity contribution in [3.63, 3.8) is 0 Å². The fourth-order valence-corrected chi connectivity index (χ4v) is 2.39. The summed E-state index contributed by atoms with van der Waals surface area (Å²) in [5.74, 6) is -0.167. The van der Waals surface area contributed by atoms with Crippen LogP contribution in [0.2, 0.25) is 0 Å². The smallest absolute Gasteiger partial charge is 0.412 e. The van der Waals surface area contributed by atoms with Gasteiger partial charge in [0.05, 0.1) is 0 Å². The minimum Gasteiger partial charge on any atom is -0.444 e. The van der Waals surface area contributed by atoms with E-state index in [1.807, 2.05) is 0 Å². The Morgan fingerprint density at radius 2 is 1.62 bits per heavy atom. The van der Waals surface area contributed by atoms with Crippen LogP contribution in [0.4, 0.5) is 19.3 Å². The molecule has 0 saturated heterocycles. The molecule has 0 spiro atoms. The second-order valence-corrected chi connectivity index (χ2v) is 7.23. The molecule has 0 aromatic heterocycles. The lowest BCUT2D eigenvalue weighted by molar-refractivity contribution is -0.0498. The van der Waals surface area contributed by atoms with Gasteiger partial charge >= 0.3 is 12.7 Å². The highest BCUT2D eigenvalue weighted by molar-refractivity contribution is 5.95. The highest BCUT2D eigenvalue weighted by Crippen LogP contribution is 2.15. The van der Waals surface area contributed by atoms with Crippen molar-refractivity contribution >= 4 is 17.7 Å². The van der Waals surface area contributed by atoms with Gasteiger partial charge in [-0.2, -0.15) is 8.78 Å². The maximum Gasteiger partial charge on any atom is 0.412 e. The van der Waals surface area contributed by atoms with Crippen LogP contribution in [0, 0.1) is 0 Å². The van der Waals surface area contributed by atoms with Gasteiger partial charge in [0.2, 0.25) is 0 Å². The maximum absolute atomic E-state index is 12.2. The second-order valence-electron chi connectivity index (χ2n) is 7.23. The molecule has 2 N–H and O–H groups in total. The topological polar surface area (TPSA) is 76.7 Å². The lowest BCUT2D eigenvalue weighted by atomic mass is 10.1. The zero-order valence-electron chi connectivity index (χ0n) is 16.5. The first-order valence-electron chi connectivity index (χ1n) is 9.04. The van der Waals surface area contributed by atoms with Gasteiger partial charge in [-0.1, -0.05) is 12.1 Å². The molecule has 0 bridgehead atoms. The maximum atomic E-state index is 12.2. The van der Waals surface area contributed by atoms with E-state index < -0.39 is 18.3 Å². The molecule has 2 aromatic carbocycles. The molecule has 156 valence electrons. The Morgan fingerprint density at radius 1 is 1.00 bits per heavy atom. The molecule has 0 radical (unpaired) electrons. The van der Waals surface area contributed by atoms with Gasteiger partial charge < -0.3 is 14.8 Å². The van der Waals surface area contributed by atoms with Crippen molar-refractivity contribution in [1.29, 1.82) is 0 Å². The number of nitrogens with one attached hydrogen (secondary N) is 2. The Bertz CT molecular complexity index is 816. The van der Waals surface area contributed by atoms with Crippen LogP contribution < -0.4 is 15.4 Å². The van der Waals surface area contributed by atoms with E-state index in [1.54, 1.807) is 57.2 Å². The number of rotatable bonds is 7. The van der Waals surface area contributed by atoms with Crippen LogP contribution in [0.25, 0.3) is 0 Å².